The molecule has 1 aromatic heterocycles. The topological polar surface area (TPSA) is 39.3 Å². The number of nitrogens with one attached hydrogen (secondary N) is 1. The van der Waals surface area contributed by atoms with E-state index in [4.69, 9.17) is 0 Å². The van der Waals surface area contributed by atoms with E-state index in [0.717, 1.165) is 24.0 Å². The van der Waals surface area contributed by atoms with Crippen molar-refractivity contribution in [3.8, 4) is 0 Å². The third kappa shape index (κ3) is 4.06. The molecule has 1 saturated carbocycles. The van der Waals surface area contributed by atoms with Crippen LogP contribution in [0.5, 0.6) is 0 Å². The number of aryl methyl sites for hydroxylation is 2. The van der Waals surface area contributed by atoms with Gasteiger partial charge < -0.3 is 14.8 Å². The van der Waals surface area contributed by atoms with E-state index < -0.39 is 0 Å². The Labute approximate surface area is 151 Å². The smallest absolute Gasteiger partial charge is 0.270 e. The highest BCUT2D eigenvalue weighted by Gasteiger charge is 2.20. The number of hydrogen-bond donors (Lipinski definition) is 1. The minimum atomic E-state index is 0.0743. The van der Waals surface area contributed by atoms with Gasteiger partial charge in [-0.2, -0.15) is 0 Å². The summed E-state index contributed by atoms with van der Waals surface area (Å²) in [5.41, 5.74) is 4.17. The molecule has 0 aliphatic heterocycles. The van der Waals surface area contributed by atoms with Crippen LogP contribution in [0.4, 0.5) is 0 Å². The van der Waals surface area contributed by atoms with E-state index in [1.54, 1.807) is 0 Å². The zero-order valence-corrected chi connectivity index (χ0v) is 16.1. The molecule has 1 aliphatic rings. The molecule has 25 heavy (non-hydrogen) atoms. The van der Waals surface area contributed by atoms with Gasteiger partial charge in [-0.3, -0.25) is 4.79 Å². The van der Waals surface area contributed by atoms with E-state index in [-0.39, 0.29) is 5.91 Å². The van der Waals surface area contributed by atoms with Crippen molar-refractivity contribution in [3.63, 3.8) is 0 Å². The number of aromatic nitrogens is 1. The molecule has 0 saturated heterocycles. The summed E-state index contributed by atoms with van der Waals surface area (Å²) >= 11 is 0. The van der Waals surface area contributed by atoms with Crippen molar-refractivity contribution in [3.05, 3.63) is 35.0 Å². The predicted molar refractivity (Wildman–Crippen MR) is 104 cm³/mol. The lowest BCUT2D eigenvalue weighted by atomic mass is 9.94. The third-order valence-electron chi connectivity index (χ3n) is 5.65. The Bertz CT molecular complexity index is 743. The van der Waals surface area contributed by atoms with Gasteiger partial charge in [0.1, 0.15) is 5.69 Å². The van der Waals surface area contributed by atoms with E-state index in [0.29, 0.717) is 11.7 Å². The van der Waals surface area contributed by atoms with Crippen molar-refractivity contribution in [2.75, 3.05) is 27.2 Å². The van der Waals surface area contributed by atoms with Crippen LogP contribution in [0.1, 0.15) is 53.7 Å². The van der Waals surface area contributed by atoms with Crippen LogP contribution in [0.2, 0.25) is 0 Å². The molecule has 1 heterocycles. The summed E-state index contributed by atoms with van der Waals surface area (Å²) in [5.74, 6) is 0.0743. The van der Waals surface area contributed by atoms with Gasteiger partial charge >= 0.3 is 0 Å². The molecule has 2 aromatic rings. The lowest BCUT2D eigenvalue weighted by molar-refractivity contribution is 0.0763. The summed E-state index contributed by atoms with van der Waals surface area (Å²) in [4.78, 5) is 20.4. The third-order valence-corrected chi connectivity index (χ3v) is 5.65. The number of hydrogen-bond acceptors (Lipinski definition) is 2. The Hall–Kier alpha value is -1.81. The number of rotatable bonds is 5. The maximum Gasteiger partial charge on any atom is 0.270 e. The molecule has 1 N–H and O–H groups in total. The first-order chi connectivity index (χ1) is 12.0. The average molecular weight is 341 g/mol. The molecule has 3 rings (SSSR count). The second-order valence-corrected chi connectivity index (χ2v) is 7.73. The summed E-state index contributed by atoms with van der Waals surface area (Å²) < 4.78 is 0. The maximum absolute atomic E-state index is 12.8. The van der Waals surface area contributed by atoms with E-state index in [9.17, 15) is 4.79 Å². The number of likely N-dealkylation sites (N-methyl/N-ethyl adjacent to an activating group) is 2. The molecule has 0 bridgehead atoms. The summed E-state index contributed by atoms with van der Waals surface area (Å²) in [6, 6.07) is 6.95. The van der Waals surface area contributed by atoms with Gasteiger partial charge in [0.05, 0.1) is 0 Å². The Balaban J connectivity index is 1.63. The highest BCUT2D eigenvalue weighted by molar-refractivity contribution is 5.98. The van der Waals surface area contributed by atoms with E-state index >= 15 is 0 Å². The number of carbonyl (C=O) groups is 1. The average Bonchev–Trinajstić information content (AvgIpc) is 3.03. The molecule has 1 amide bonds. The van der Waals surface area contributed by atoms with E-state index in [2.05, 4.69) is 42.9 Å². The standard InChI is InChI=1S/C21H31N3O/c1-15-12-16(2)18-14-20(22-19(18)13-15)21(25)24(4)11-10-23(3)17-8-6-5-7-9-17/h12-14,17,22H,5-11H2,1-4H3. The highest BCUT2D eigenvalue weighted by Crippen LogP contribution is 2.23. The number of aromatic amines is 1. The van der Waals surface area contributed by atoms with Crippen molar-refractivity contribution in [2.24, 2.45) is 0 Å². The molecule has 0 radical (unpaired) electrons. The molecule has 1 aliphatic carbocycles. The predicted octanol–water partition coefficient (Wildman–Crippen LogP) is 4.12. The number of fused-ring (bicyclic) bond motifs is 1. The van der Waals surface area contributed by atoms with E-state index in [1.165, 1.54) is 43.2 Å². The van der Waals surface area contributed by atoms with Gasteiger partial charge in [-0.25, -0.2) is 0 Å². The number of amides is 1. The van der Waals surface area contributed by atoms with Crippen molar-refractivity contribution < 1.29 is 4.79 Å². The van der Waals surface area contributed by atoms with Gasteiger partial charge in [0, 0.05) is 37.1 Å². The van der Waals surface area contributed by atoms with Crippen LogP contribution < -0.4 is 0 Å². The van der Waals surface area contributed by atoms with Crippen molar-refractivity contribution in [2.45, 2.75) is 52.0 Å². The lowest BCUT2D eigenvalue weighted by Crippen LogP contribution is -2.40. The van der Waals surface area contributed by atoms with Crippen LogP contribution in [-0.4, -0.2) is 53.9 Å². The summed E-state index contributed by atoms with van der Waals surface area (Å²) in [5, 5.41) is 1.14. The monoisotopic (exact) mass is 341 g/mol. The largest absolute Gasteiger partial charge is 0.351 e. The highest BCUT2D eigenvalue weighted by atomic mass is 16.2. The SMILES string of the molecule is Cc1cc(C)c2cc(C(=O)N(C)CCN(C)C3CCCCC3)[nH]c2c1. The first-order valence-corrected chi connectivity index (χ1v) is 9.51. The van der Waals surface area contributed by atoms with Crippen LogP contribution >= 0.6 is 0 Å². The number of H-pyrrole nitrogens is 1. The summed E-state index contributed by atoms with van der Waals surface area (Å²) in [6.07, 6.45) is 6.67. The number of carbonyl (C=O) groups excluding carboxylic acids is 1. The summed E-state index contributed by atoms with van der Waals surface area (Å²) in [6.45, 7) is 5.88. The number of nitrogens with zero attached hydrogens (tertiary/aromatic N) is 2. The molecule has 1 aromatic carbocycles. The fourth-order valence-corrected chi connectivity index (χ4v) is 4.03. The second-order valence-electron chi connectivity index (χ2n) is 7.73. The molecular formula is C21H31N3O. The van der Waals surface area contributed by atoms with Crippen LogP contribution in [0.15, 0.2) is 18.2 Å². The quantitative estimate of drug-likeness (QED) is 0.888. The van der Waals surface area contributed by atoms with Crippen LogP contribution in [0, 0.1) is 13.8 Å². The van der Waals surface area contributed by atoms with Gasteiger partial charge in [-0.05, 0) is 57.0 Å². The summed E-state index contributed by atoms with van der Waals surface area (Å²) in [7, 11) is 4.10. The van der Waals surface area contributed by atoms with Gasteiger partial charge in [0.25, 0.3) is 5.91 Å². The molecule has 1 fully saturated rings. The zero-order valence-electron chi connectivity index (χ0n) is 16.1. The first kappa shape index (κ1) is 18.0. The van der Waals surface area contributed by atoms with Crippen LogP contribution in [-0.2, 0) is 0 Å². The molecule has 0 unspecified atom stereocenters. The van der Waals surface area contributed by atoms with Crippen LogP contribution in [0.3, 0.4) is 0 Å². The Morgan fingerprint density at radius 2 is 1.80 bits per heavy atom. The van der Waals surface area contributed by atoms with Gasteiger partial charge in [-0.15, -0.1) is 0 Å². The Morgan fingerprint density at radius 1 is 1.08 bits per heavy atom. The van der Waals surface area contributed by atoms with Gasteiger partial charge in [0.15, 0.2) is 0 Å². The Morgan fingerprint density at radius 3 is 2.52 bits per heavy atom. The molecule has 0 atom stereocenters. The first-order valence-electron chi connectivity index (χ1n) is 9.51. The van der Waals surface area contributed by atoms with Gasteiger partial charge in [-0.1, -0.05) is 25.3 Å². The molecule has 4 heteroatoms. The van der Waals surface area contributed by atoms with Gasteiger partial charge in [0.2, 0.25) is 0 Å². The minimum Gasteiger partial charge on any atom is -0.351 e. The maximum atomic E-state index is 12.8. The zero-order chi connectivity index (χ0) is 18.0. The second kappa shape index (κ2) is 7.61. The fourth-order valence-electron chi connectivity index (χ4n) is 4.03. The Kier molecular flexibility index (Phi) is 5.48. The lowest BCUT2D eigenvalue weighted by Gasteiger charge is -2.32. The van der Waals surface area contributed by atoms with Crippen molar-refractivity contribution >= 4 is 16.8 Å². The normalized spacial score (nSPS) is 15.9. The fraction of sp³-hybridized carbons (Fsp3) is 0.571. The van der Waals surface area contributed by atoms with Crippen molar-refractivity contribution in [1.29, 1.82) is 0 Å². The van der Waals surface area contributed by atoms with E-state index in [1.807, 2.05) is 18.0 Å². The van der Waals surface area contributed by atoms with Crippen LogP contribution in [0.25, 0.3) is 10.9 Å². The minimum absolute atomic E-state index is 0.0743. The molecule has 0 spiro atoms. The number of benzene rings is 1. The molecular weight excluding hydrogens is 310 g/mol. The molecule has 136 valence electrons. The molecule has 4 nitrogen and oxygen atoms in total. The van der Waals surface area contributed by atoms with Crippen molar-refractivity contribution in [1.82, 2.24) is 14.8 Å².